The zero-order chi connectivity index (χ0) is 12.6. The van der Waals surface area contributed by atoms with Gasteiger partial charge in [0.05, 0.1) is 0 Å². The molecule has 0 radical (unpaired) electrons. The second kappa shape index (κ2) is 7.24. The van der Waals surface area contributed by atoms with Crippen molar-refractivity contribution in [1.82, 2.24) is 15.3 Å². The molecule has 0 saturated carbocycles. The summed E-state index contributed by atoms with van der Waals surface area (Å²) in [6.07, 6.45) is 7.88. The second-order valence-electron chi connectivity index (χ2n) is 4.16. The summed E-state index contributed by atoms with van der Waals surface area (Å²) < 4.78 is 0. The molecule has 0 spiro atoms. The minimum atomic E-state index is 0.937. The standard InChI is InChI=1S/C14H19N3S/c1-18-13-6-4-12(5-7-13)11-15-8-2-3-14-16-9-10-17-14/h4-7,9-10,15H,2-3,8,11H2,1H3,(H,16,17). The molecule has 2 N–H and O–H groups in total. The second-order valence-corrected chi connectivity index (χ2v) is 5.04. The van der Waals surface area contributed by atoms with Crippen LogP contribution in [-0.4, -0.2) is 22.8 Å². The average Bonchev–Trinajstić information content (AvgIpc) is 2.92. The molecule has 2 aromatic rings. The van der Waals surface area contributed by atoms with Crippen LogP contribution in [0.5, 0.6) is 0 Å². The molecule has 0 fully saturated rings. The molecule has 18 heavy (non-hydrogen) atoms. The number of nitrogens with zero attached hydrogens (tertiary/aromatic N) is 1. The number of hydrogen-bond donors (Lipinski definition) is 2. The first-order chi connectivity index (χ1) is 8.88. The highest BCUT2D eigenvalue weighted by Crippen LogP contribution is 2.14. The maximum absolute atomic E-state index is 4.21. The largest absolute Gasteiger partial charge is 0.349 e. The Morgan fingerprint density at radius 2 is 2.11 bits per heavy atom. The first-order valence-corrected chi connectivity index (χ1v) is 7.43. The molecule has 2 rings (SSSR count). The van der Waals surface area contributed by atoms with Gasteiger partial charge in [0.25, 0.3) is 0 Å². The predicted octanol–water partition coefficient (Wildman–Crippen LogP) is 2.85. The van der Waals surface area contributed by atoms with Crippen molar-refractivity contribution in [2.45, 2.75) is 24.3 Å². The van der Waals surface area contributed by atoms with Crippen molar-refractivity contribution in [3.63, 3.8) is 0 Å². The third-order valence-corrected chi connectivity index (χ3v) is 3.55. The fourth-order valence-electron chi connectivity index (χ4n) is 1.79. The predicted molar refractivity (Wildman–Crippen MR) is 76.8 cm³/mol. The maximum Gasteiger partial charge on any atom is 0.106 e. The van der Waals surface area contributed by atoms with Gasteiger partial charge in [0.15, 0.2) is 0 Å². The van der Waals surface area contributed by atoms with Gasteiger partial charge in [-0.15, -0.1) is 11.8 Å². The summed E-state index contributed by atoms with van der Waals surface area (Å²) in [5, 5.41) is 3.45. The van der Waals surface area contributed by atoms with Crippen molar-refractivity contribution in [2.24, 2.45) is 0 Å². The van der Waals surface area contributed by atoms with Crippen LogP contribution in [0, 0.1) is 0 Å². The van der Waals surface area contributed by atoms with E-state index in [-0.39, 0.29) is 0 Å². The van der Waals surface area contributed by atoms with Gasteiger partial charge < -0.3 is 10.3 Å². The Morgan fingerprint density at radius 3 is 2.78 bits per heavy atom. The van der Waals surface area contributed by atoms with Gasteiger partial charge in [-0.3, -0.25) is 0 Å². The maximum atomic E-state index is 4.21. The Bertz CT molecular complexity index is 437. The number of rotatable bonds is 7. The van der Waals surface area contributed by atoms with E-state index in [0.29, 0.717) is 0 Å². The third-order valence-electron chi connectivity index (χ3n) is 2.81. The van der Waals surface area contributed by atoms with Crippen LogP contribution in [0.15, 0.2) is 41.6 Å². The van der Waals surface area contributed by atoms with E-state index >= 15 is 0 Å². The number of H-pyrrole nitrogens is 1. The molecule has 1 aromatic carbocycles. The topological polar surface area (TPSA) is 40.7 Å². The molecule has 0 saturated heterocycles. The molecule has 0 aliphatic rings. The lowest BCUT2D eigenvalue weighted by Gasteiger charge is -2.05. The van der Waals surface area contributed by atoms with E-state index in [1.165, 1.54) is 10.5 Å². The number of aryl methyl sites for hydroxylation is 1. The van der Waals surface area contributed by atoms with E-state index in [1.807, 2.05) is 6.20 Å². The molecular weight excluding hydrogens is 242 g/mol. The lowest BCUT2D eigenvalue weighted by Crippen LogP contribution is -2.15. The number of benzene rings is 1. The first-order valence-electron chi connectivity index (χ1n) is 6.20. The molecule has 3 nitrogen and oxygen atoms in total. The van der Waals surface area contributed by atoms with Crippen LogP contribution < -0.4 is 5.32 Å². The summed E-state index contributed by atoms with van der Waals surface area (Å²) in [4.78, 5) is 8.64. The van der Waals surface area contributed by atoms with Gasteiger partial charge in [-0.1, -0.05) is 12.1 Å². The number of imidazole rings is 1. The van der Waals surface area contributed by atoms with Gasteiger partial charge in [0.2, 0.25) is 0 Å². The summed E-state index contributed by atoms with van der Waals surface area (Å²) in [5.74, 6) is 1.07. The minimum absolute atomic E-state index is 0.937. The van der Waals surface area contributed by atoms with Gasteiger partial charge in [0.1, 0.15) is 5.82 Å². The molecule has 0 aliphatic carbocycles. The summed E-state index contributed by atoms with van der Waals surface area (Å²) in [5.41, 5.74) is 1.34. The van der Waals surface area contributed by atoms with Gasteiger partial charge in [-0.05, 0) is 36.9 Å². The van der Waals surface area contributed by atoms with Crippen molar-refractivity contribution >= 4 is 11.8 Å². The van der Waals surface area contributed by atoms with E-state index < -0.39 is 0 Å². The lowest BCUT2D eigenvalue weighted by atomic mass is 10.2. The van der Waals surface area contributed by atoms with E-state index in [2.05, 4.69) is 45.8 Å². The number of aromatic amines is 1. The van der Waals surface area contributed by atoms with Crippen LogP contribution in [0.4, 0.5) is 0 Å². The molecule has 1 aromatic heterocycles. The zero-order valence-electron chi connectivity index (χ0n) is 10.6. The molecule has 0 aliphatic heterocycles. The number of hydrogen-bond acceptors (Lipinski definition) is 3. The highest BCUT2D eigenvalue weighted by Gasteiger charge is 1.96. The number of thioether (sulfide) groups is 1. The molecular formula is C14H19N3S. The van der Waals surface area contributed by atoms with Gasteiger partial charge >= 0.3 is 0 Å². The van der Waals surface area contributed by atoms with Crippen molar-refractivity contribution < 1.29 is 0 Å². The minimum Gasteiger partial charge on any atom is -0.349 e. The number of aromatic nitrogens is 2. The smallest absolute Gasteiger partial charge is 0.106 e. The quantitative estimate of drug-likeness (QED) is 0.595. The monoisotopic (exact) mass is 261 g/mol. The molecule has 0 bridgehead atoms. The van der Waals surface area contributed by atoms with Crippen LogP contribution in [-0.2, 0) is 13.0 Å². The van der Waals surface area contributed by atoms with Crippen LogP contribution in [0.25, 0.3) is 0 Å². The van der Waals surface area contributed by atoms with Gasteiger partial charge in [-0.25, -0.2) is 4.98 Å². The zero-order valence-corrected chi connectivity index (χ0v) is 11.5. The van der Waals surface area contributed by atoms with Crippen LogP contribution in [0.1, 0.15) is 17.8 Å². The molecule has 1 heterocycles. The van der Waals surface area contributed by atoms with Crippen LogP contribution in [0.3, 0.4) is 0 Å². The Balaban J connectivity index is 1.62. The molecule has 96 valence electrons. The first kappa shape index (κ1) is 13.2. The van der Waals surface area contributed by atoms with Crippen molar-refractivity contribution in [3.05, 3.63) is 48.0 Å². The van der Waals surface area contributed by atoms with E-state index in [0.717, 1.165) is 31.8 Å². The normalized spacial score (nSPS) is 10.7. The van der Waals surface area contributed by atoms with Crippen molar-refractivity contribution in [3.8, 4) is 0 Å². The molecule has 4 heteroatoms. The van der Waals surface area contributed by atoms with E-state index in [9.17, 15) is 0 Å². The van der Waals surface area contributed by atoms with Gasteiger partial charge in [-0.2, -0.15) is 0 Å². The number of nitrogens with one attached hydrogen (secondary N) is 2. The summed E-state index contributed by atoms with van der Waals surface area (Å²) in [6, 6.07) is 8.71. The summed E-state index contributed by atoms with van der Waals surface area (Å²) in [6.45, 7) is 1.96. The fraction of sp³-hybridized carbons (Fsp3) is 0.357. The van der Waals surface area contributed by atoms with Crippen LogP contribution in [0.2, 0.25) is 0 Å². The Labute approximate surface area is 112 Å². The van der Waals surface area contributed by atoms with Gasteiger partial charge in [0, 0.05) is 30.3 Å². The summed E-state index contributed by atoms with van der Waals surface area (Å²) in [7, 11) is 0. The average molecular weight is 261 g/mol. The molecule has 0 amide bonds. The van der Waals surface area contributed by atoms with Crippen LogP contribution >= 0.6 is 11.8 Å². The van der Waals surface area contributed by atoms with E-state index in [1.54, 1.807) is 18.0 Å². The SMILES string of the molecule is CSc1ccc(CNCCCc2ncc[nH]2)cc1. The molecule has 0 atom stereocenters. The molecule has 0 unspecified atom stereocenters. The Hall–Kier alpha value is -1.26. The van der Waals surface area contributed by atoms with Crippen molar-refractivity contribution in [2.75, 3.05) is 12.8 Å². The van der Waals surface area contributed by atoms with E-state index in [4.69, 9.17) is 0 Å². The lowest BCUT2D eigenvalue weighted by molar-refractivity contribution is 0.641. The highest BCUT2D eigenvalue weighted by atomic mass is 32.2. The Kier molecular flexibility index (Phi) is 5.30. The van der Waals surface area contributed by atoms with Crippen molar-refractivity contribution in [1.29, 1.82) is 0 Å². The highest BCUT2D eigenvalue weighted by molar-refractivity contribution is 7.98. The Morgan fingerprint density at radius 1 is 1.28 bits per heavy atom. The fourth-order valence-corrected chi connectivity index (χ4v) is 2.20. The third kappa shape index (κ3) is 4.20. The summed E-state index contributed by atoms with van der Waals surface area (Å²) >= 11 is 1.78.